The van der Waals surface area contributed by atoms with Gasteiger partial charge in [-0.3, -0.25) is 14.4 Å². The number of Topliss-reactive ketones (excluding diaryl/α,β-unsaturated/α-hetero) is 1. The fourth-order valence-corrected chi connectivity index (χ4v) is 5.89. The van der Waals surface area contributed by atoms with Crippen molar-refractivity contribution < 1.29 is 27.2 Å². The Bertz CT molecular complexity index is 1370. The number of para-hydroxylation sites is 1. The highest BCUT2D eigenvalue weighted by atomic mass is 32.2. The molecule has 3 aromatic rings. The molecular formula is C26H30N4O6S. The van der Waals surface area contributed by atoms with Crippen molar-refractivity contribution in [3.05, 3.63) is 60.5 Å². The summed E-state index contributed by atoms with van der Waals surface area (Å²) in [5.41, 5.74) is 0.557. The summed E-state index contributed by atoms with van der Waals surface area (Å²) >= 11 is 0. The summed E-state index contributed by atoms with van der Waals surface area (Å²) in [4.78, 5) is 43.0. The summed E-state index contributed by atoms with van der Waals surface area (Å²) in [5.74, 6) is -1.70. The summed E-state index contributed by atoms with van der Waals surface area (Å²) in [6.07, 6.45) is 2.01. The lowest BCUT2D eigenvalue weighted by molar-refractivity contribution is -0.129. The zero-order valence-corrected chi connectivity index (χ0v) is 21.7. The first-order chi connectivity index (χ1) is 17.6. The lowest BCUT2D eigenvalue weighted by Crippen LogP contribution is -2.54. The predicted molar refractivity (Wildman–Crippen MR) is 136 cm³/mol. The van der Waals surface area contributed by atoms with Gasteiger partial charge in [-0.25, -0.2) is 13.4 Å². The molecule has 0 spiro atoms. The Labute approximate surface area is 215 Å². The van der Waals surface area contributed by atoms with Crippen LogP contribution in [0.4, 0.5) is 0 Å². The van der Waals surface area contributed by atoms with Crippen LogP contribution in [-0.2, 0) is 19.6 Å². The number of carbonyl (C=O) groups is 3. The summed E-state index contributed by atoms with van der Waals surface area (Å²) in [7, 11) is -3.99. The van der Waals surface area contributed by atoms with Gasteiger partial charge in [0, 0.05) is 17.6 Å². The first-order valence-electron chi connectivity index (χ1n) is 12.1. The van der Waals surface area contributed by atoms with Crippen LogP contribution < -0.4 is 10.6 Å². The number of rotatable bonds is 7. The number of ketones is 1. The minimum absolute atomic E-state index is 0.0781. The molecular weight excluding hydrogens is 496 g/mol. The van der Waals surface area contributed by atoms with Crippen molar-refractivity contribution in [3.8, 4) is 0 Å². The average molecular weight is 527 g/mol. The largest absolute Gasteiger partial charge is 0.451 e. The number of nitrogens with one attached hydrogen (secondary N) is 2. The standard InChI is InChI=1S/C26H30N4O6S/c1-16(2)24(29-25(32)22-14-18-8-4-5-9-21(18)36-22)26(33)28-19-12-11-17(3)30(15-20(19)31)37(34,35)23-10-6-7-13-27-23/h4-10,13-14,16-17,19,24H,11-12,15H2,1-3H3,(H,28,33)(H,29,32)/t17-,19+,24?/m0/s1. The number of fused-ring (bicyclic) bond motifs is 1. The van der Waals surface area contributed by atoms with E-state index in [1.165, 1.54) is 12.3 Å². The second kappa shape index (κ2) is 10.8. The molecule has 1 saturated heterocycles. The second-order valence-corrected chi connectivity index (χ2v) is 11.4. The van der Waals surface area contributed by atoms with Crippen LogP contribution in [0.25, 0.3) is 11.0 Å². The van der Waals surface area contributed by atoms with Crippen LogP contribution in [0.1, 0.15) is 44.2 Å². The van der Waals surface area contributed by atoms with Crippen LogP contribution in [-0.4, -0.2) is 60.0 Å². The minimum atomic E-state index is -3.99. The fourth-order valence-electron chi connectivity index (χ4n) is 4.33. The third-order valence-corrected chi connectivity index (χ3v) is 8.35. The highest BCUT2D eigenvalue weighted by Gasteiger charge is 2.38. The minimum Gasteiger partial charge on any atom is -0.451 e. The maximum Gasteiger partial charge on any atom is 0.287 e. The van der Waals surface area contributed by atoms with Gasteiger partial charge in [-0.2, -0.15) is 4.31 Å². The number of carbonyl (C=O) groups excluding carboxylic acids is 3. The van der Waals surface area contributed by atoms with Crippen molar-refractivity contribution in [2.45, 2.75) is 56.8 Å². The number of nitrogens with zero attached hydrogens (tertiary/aromatic N) is 2. The van der Waals surface area contributed by atoms with Crippen molar-refractivity contribution in [3.63, 3.8) is 0 Å². The predicted octanol–water partition coefficient (Wildman–Crippen LogP) is 2.51. The molecule has 0 bridgehead atoms. The highest BCUT2D eigenvalue weighted by molar-refractivity contribution is 7.89. The van der Waals surface area contributed by atoms with E-state index in [9.17, 15) is 22.8 Å². The number of sulfonamides is 1. The third kappa shape index (κ3) is 5.72. The average Bonchev–Trinajstić information content (AvgIpc) is 3.26. The Kier molecular flexibility index (Phi) is 7.74. The van der Waals surface area contributed by atoms with Crippen LogP contribution in [0.15, 0.2) is 64.2 Å². The summed E-state index contributed by atoms with van der Waals surface area (Å²) in [6.45, 7) is 4.90. The van der Waals surface area contributed by atoms with Gasteiger partial charge >= 0.3 is 0 Å². The molecule has 10 nitrogen and oxygen atoms in total. The maximum atomic E-state index is 13.2. The first kappa shape index (κ1) is 26.5. The van der Waals surface area contributed by atoms with E-state index in [2.05, 4.69) is 15.6 Å². The van der Waals surface area contributed by atoms with Crippen LogP contribution >= 0.6 is 0 Å². The molecule has 37 heavy (non-hydrogen) atoms. The molecule has 0 radical (unpaired) electrons. The number of benzene rings is 1. The zero-order chi connectivity index (χ0) is 26.7. The van der Waals surface area contributed by atoms with Gasteiger partial charge in [-0.15, -0.1) is 0 Å². The number of pyridine rings is 1. The quantitative estimate of drug-likeness (QED) is 0.482. The van der Waals surface area contributed by atoms with Gasteiger partial charge in [0.2, 0.25) is 5.91 Å². The van der Waals surface area contributed by atoms with Crippen LogP contribution in [0.3, 0.4) is 0 Å². The molecule has 1 fully saturated rings. The smallest absolute Gasteiger partial charge is 0.287 e. The molecule has 11 heteroatoms. The Morgan fingerprint density at radius 3 is 2.51 bits per heavy atom. The van der Waals surface area contributed by atoms with Crippen molar-refractivity contribution in [1.82, 2.24) is 19.9 Å². The Morgan fingerprint density at radius 2 is 1.84 bits per heavy atom. The molecule has 3 atom stereocenters. The first-order valence-corrected chi connectivity index (χ1v) is 13.6. The lowest BCUT2D eigenvalue weighted by Gasteiger charge is -2.25. The van der Waals surface area contributed by atoms with E-state index in [1.54, 1.807) is 51.1 Å². The SMILES string of the molecule is CC(C)C(NC(=O)c1cc2ccccc2o1)C(=O)N[C@@H]1CC[C@H](C)N(S(=O)(=O)c2ccccn2)CC1=O. The number of furan rings is 1. The summed E-state index contributed by atoms with van der Waals surface area (Å²) in [5, 5.41) is 6.07. The molecule has 2 amide bonds. The topological polar surface area (TPSA) is 139 Å². The van der Waals surface area contributed by atoms with E-state index in [-0.39, 0.29) is 29.7 Å². The van der Waals surface area contributed by atoms with Gasteiger partial charge in [-0.1, -0.05) is 38.1 Å². The maximum absolute atomic E-state index is 13.2. The molecule has 196 valence electrons. The third-order valence-electron chi connectivity index (χ3n) is 6.48. The van der Waals surface area contributed by atoms with Crippen molar-refractivity contribution >= 4 is 38.6 Å². The molecule has 2 aromatic heterocycles. The van der Waals surface area contributed by atoms with E-state index in [1.807, 2.05) is 12.1 Å². The monoisotopic (exact) mass is 526 g/mol. The van der Waals surface area contributed by atoms with Gasteiger partial charge in [0.1, 0.15) is 11.6 Å². The van der Waals surface area contributed by atoms with E-state index >= 15 is 0 Å². The summed E-state index contributed by atoms with van der Waals surface area (Å²) < 4.78 is 33.0. The number of hydrogen-bond acceptors (Lipinski definition) is 7. The van der Waals surface area contributed by atoms with E-state index in [0.29, 0.717) is 12.0 Å². The van der Waals surface area contributed by atoms with E-state index < -0.39 is 45.7 Å². The molecule has 4 rings (SSSR count). The Hall–Kier alpha value is -3.57. The molecule has 1 aromatic carbocycles. The van der Waals surface area contributed by atoms with Gasteiger partial charge in [0.05, 0.1) is 12.6 Å². The van der Waals surface area contributed by atoms with Crippen molar-refractivity contribution in [2.24, 2.45) is 5.92 Å². The van der Waals surface area contributed by atoms with Gasteiger partial charge in [0.15, 0.2) is 16.6 Å². The zero-order valence-electron chi connectivity index (χ0n) is 20.9. The Morgan fingerprint density at radius 1 is 1.11 bits per heavy atom. The molecule has 0 aliphatic carbocycles. The van der Waals surface area contributed by atoms with E-state index in [0.717, 1.165) is 9.69 Å². The fraction of sp³-hybridized carbons (Fsp3) is 0.385. The summed E-state index contributed by atoms with van der Waals surface area (Å²) in [6, 6.07) is 11.1. The lowest BCUT2D eigenvalue weighted by atomic mass is 10.0. The van der Waals surface area contributed by atoms with Gasteiger partial charge in [-0.05, 0) is 49.9 Å². The molecule has 1 aliphatic heterocycles. The number of aromatic nitrogens is 1. The van der Waals surface area contributed by atoms with Crippen LogP contribution in [0, 0.1) is 5.92 Å². The molecule has 0 saturated carbocycles. The molecule has 3 heterocycles. The van der Waals surface area contributed by atoms with E-state index in [4.69, 9.17) is 4.42 Å². The number of hydrogen-bond donors (Lipinski definition) is 2. The molecule has 1 aliphatic rings. The normalized spacial score (nSPS) is 19.9. The van der Waals surface area contributed by atoms with Crippen LogP contribution in [0.5, 0.6) is 0 Å². The van der Waals surface area contributed by atoms with Crippen molar-refractivity contribution in [1.29, 1.82) is 0 Å². The molecule has 1 unspecified atom stereocenters. The van der Waals surface area contributed by atoms with Crippen molar-refractivity contribution in [2.75, 3.05) is 6.54 Å². The van der Waals surface area contributed by atoms with Gasteiger partial charge in [0.25, 0.3) is 15.9 Å². The highest BCUT2D eigenvalue weighted by Crippen LogP contribution is 2.23. The molecule has 2 N–H and O–H groups in total. The number of amides is 2. The second-order valence-electron chi connectivity index (χ2n) is 9.52. The van der Waals surface area contributed by atoms with Crippen LogP contribution in [0.2, 0.25) is 0 Å². The Balaban J connectivity index is 1.46. The van der Waals surface area contributed by atoms with Gasteiger partial charge < -0.3 is 15.1 Å².